The number of nitrogens with zero attached hydrogens (tertiary/aromatic N) is 1. The number of nitrogens with two attached hydrogens (primary N) is 1. The number of hydrogen-bond donors (Lipinski definition) is 1. The summed E-state index contributed by atoms with van der Waals surface area (Å²) in [7, 11) is -1.36. The van der Waals surface area contributed by atoms with Gasteiger partial charge in [-0.15, -0.1) is 0 Å². The number of anilines is 1. The summed E-state index contributed by atoms with van der Waals surface area (Å²) in [6, 6.07) is 11.2. The van der Waals surface area contributed by atoms with Crippen molar-refractivity contribution >= 4 is 33.8 Å². The smallest absolute Gasteiger partial charge is 0.272 e. The highest BCUT2D eigenvalue weighted by molar-refractivity contribution is 7.85. The van der Waals surface area contributed by atoms with Crippen molar-refractivity contribution in [3.8, 4) is 0 Å². The summed E-state index contributed by atoms with van der Waals surface area (Å²) in [6.07, 6.45) is 0.329. The number of aryl methyl sites for hydroxylation is 1. The molecule has 2 aromatic rings. The topological polar surface area (TPSA) is 86.2 Å². The Morgan fingerprint density at radius 2 is 1.95 bits per heavy atom. The number of nitrogen functional groups attached to an aromatic ring is 1. The van der Waals surface area contributed by atoms with Crippen molar-refractivity contribution in [2.24, 2.45) is 0 Å². The van der Waals surface area contributed by atoms with Gasteiger partial charge < -0.3 is 5.73 Å². The maximum Gasteiger partial charge on any atom is 0.272 e. The molecule has 0 spiro atoms. The van der Waals surface area contributed by atoms with Crippen molar-refractivity contribution in [2.45, 2.75) is 11.3 Å². The highest BCUT2D eigenvalue weighted by Crippen LogP contribution is 2.23. The largest absolute Gasteiger partial charge is 0.398 e. The van der Waals surface area contributed by atoms with Crippen LogP contribution in [0.4, 0.5) is 11.4 Å². The van der Waals surface area contributed by atoms with Crippen LogP contribution in [-0.2, 0) is 17.2 Å². The first kappa shape index (κ1) is 15.5. The van der Waals surface area contributed by atoms with E-state index >= 15 is 0 Å². The fourth-order valence-corrected chi connectivity index (χ4v) is 3.37. The standard InChI is InChI=1S/C14H13ClN2O3S/c15-11-5-6-12(16)14(9-11)21(20)8-7-10-3-1-2-4-13(10)17(18)19/h1-6,9H,7-8,16H2. The van der Waals surface area contributed by atoms with Gasteiger partial charge in [-0.05, 0) is 24.6 Å². The number of hydrogen-bond acceptors (Lipinski definition) is 4. The van der Waals surface area contributed by atoms with Crippen LogP contribution in [0, 0.1) is 10.1 Å². The molecule has 0 aliphatic carbocycles. The molecule has 0 aromatic heterocycles. The van der Waals surface area contributed by atoms with E-state index in [0.29, 0.717) is 27.6 Å². The van der Waals surface area contributed by atoms with Gasteiger partial charge in [0.15, 0.2) is 0 Å². The van der Waals surface area contributed by atoms with Crippen LogP contribution in [0.2, 0.25) is 5.02 Å². The van der Waals surface area contributed by atoms with E-state index in [1.54, 1.807) is 36.4 Å². The molecule has 0 radical (unpaired) electrons. The van der Waals surface area contributed by atoms with Crippen LogP contribution in [0.25, 0.3) is 0 Å². The number of para-hydroxylation sites is 1. The van der Waals surface area contributed by atoms with Crippen LogP contribution in [-0.4, -0.2) is 14.9 Å². The zero-order valence-electron chi connectivity index (χ0n) is 11.0. The van der Waals surface area contributed by atoms with Gasteiger partial charge in [-0.25, -0.2) is 0 Å². The van der Waals surface area contributed by atoms with Crippen molar-refractivity contribution in [3.63, 3.8) is 0 Å². The molecule has 0 bridgehead atoms. The van der Waals surface area contributed by atoms with Gasteiger partial charge in [-0.3, -0.25) is 14.3 Å². The van der Waals surface area contributed by atoms with Crippen LogP contribution in [0.15, 0.2) is 47.4 Å². The Bertz CT molecular complexity index is 706. The molecule has 2 aromatic carbocycles. The second-order valence-electron chi connectivity index (χ2n) is 4.37. The third kappa shape index (κ3) is 3.80. The van der Waals surface area contributed by atoms with Crippen LogP contribution in [0.1, 0.15) is 5.56 Å². The molecular weight excluding hydrogens is 312 g/mol. The number of benzene rings is 2. The van der Waals surface area contributed by atoms with E-state index < -0.39 is 15.7 Å². The Morgan fingerprint density at radius 3 is 2.67 bits per heavy atom. The van der Waals surface area contributed by atoms with E-state index in [4.69, 9.17) is 17.3 Å². The molecule has 0 fully saturated rings. The summed E-state index contributed by atoms with van der Waals surface area (Å²) in [4.78, 5) is 10.9. The average Bonchev–Trinajstić information content (AvgIpc) is 2.47. The minimum absolute atomic E-state index is 0.0357. The molecule has 2 N–H and O–H groups in total. The van der Waals surface area contributed by atoms with Gasteiger partial charge in [-0.1, -0.05) is 29.8 Å². The summed E-state index contributed by atoms with van der Waals surface area (Å²) >= 11 is 5.87. The highest BCUT2D eigenvalue weighted by Gasteiger charge is 2.15. The van der Waals surface area contributed by atoms with Crippen LogP contribution in [0.3, 0.4) is 0 Å². The predicted octanol–water partition coefficient (Wildman–Crippen LogP) is 3.18. The van der Waals surface area contributed by atoms with Gasteiger partial charge >= 0.3 is 0 Å². The fraction of sp³-hybridized carbons (Fsp3) is 0.143. The Morgan fingerprint density at radius 1 is 1.24 bits per heavy atom. The van der Waals surface area contributed by atoms with E-state index in [0.717, 1.165) is 0 Å². The van der Waals surface area contributed by atoms with Crippen LogP contribution >= 0.6 is 11.6 Å². The summed E-state index contributed by atoms with van der Waals surface area (Å²) in [5, 5.41) is 11.4. The predicted molar refractivity (Wildman–Crippen MR) is 83.9 cm³/mol. The van der Waals surface area contributed by atoms with Gasteiger partial charge in [-0.2, -0.15) is 0 Å². The quantitative estimate of drug-likeness (QED) is 0.520. The molecule has 7 heteroatoms. The van der Waals surface area contributed by atoms with Crippen molar-refractivity contribution < 1.29 is 9.13 Å². The summed E-state index contributed by atoms with van der Waals surface area (Å²) in [5.41, 5.74) is 6.77. The monoisotopic (exact) mass is 324 g/mol. The molecule has 0 amide bonds. The van der Waals surface area contributed by atoms with Gasteiger partial charge in [0, 0.05) is 28.1 Å². The fourth-order valence-electron chi connectivity index (χ4n) is 1.92. The molecule has 0 heterocycles. The molecule has 2 rings (SSSR count). The summed E-state index contributed by atoms with van der Waals surface area (Å²) < 4.78 is 12.3. The van der Waals surface area contributed by atoms with Gasteiger partial charge in [0.1, 0.15) is 0 Å². The number of halogens is 1. The van der Waals surface area contributed by atoms with Gasteiger partial charge in [0.2, 0.25) is 0 Å². The maximum atomic E-state index is 12.3. The van der Waals surface area contributed by atoms with E-state index in [1.165, 1.54) is 6.07 Å². The third-order valence-electron chi connectivity index (χ3n) is 2.97. The van der Waals surface area contributed by atoms with Crippen molar-refractivity contribution in [3.05, 3.63) is 63.2 Å². The lowest BCUT2D eigenvalue weighted by molar-refractivity contribution is -0.385. The number of nitro benzene ring substituents is 1. The van der Waals surface area contributed by atoms with E-state index in [9.17, 15) is 14.3 Å². The molecule has 1 unspecified atom stereocenters. The lowest BCUT2D eigenvalue weighted by atomic mass is 10.1. The molecule has 0 saturated carbocycles. The molecule has 5 nitrogen and oxygen atoms in total. The Labute approximate surface area is 129 Å². The van der Waals surface area contributed by atoms with Gasteiger partial charge in [0.25, 0.3) is 5.69 Å². The molecule has 1 atom stereocenters. The first-order valence-electron chi connectivity index (χ1n) is 6.14. The minimum Gasteiger partial charge on any atom is -0.398 e. The molecule has 0 aliphatic heterocycles. The zero-order chi connectivity index (χ0) is 15.4. The number of nitro groups is 1. The Kier molecular flexibility index (Phi) is 4.93. The Balaban J connectivity index is 2.15. The molecule has 0 aliphatic rings. The summed E-state index contributed by atoms with van der Waals surface area (Å²) in [5.74, 6) is 0.245. The average molecular weight is 325 g/mol. The van der Waals surface area contributed by atoms with E-state index in [-0.39, 0.29) is 11.4 Å². The second kappa shape index (κ2) is 6.69. The molecular formula is C14H13ClN2O3S. The van der Waals surface area contributed by atoms with Crippen LogP contribution < -0.4 is 5.73 Å². The second-order valence-corrected chi connectivity index (χ2v) is 6.34. The minimum atomic E-state index is -1.36. The first-order chi connectivity index (χ1) is 9.99. The van der Waals surface area contributed by atoms with Crippen molar-refractivity contribution in [1.29, 1.82) is 0 Å². The lowest BCUT2D eigenvalue weighted by Gasteiger charge is -2.07. The molecule has 110 valence electrons. The van der Waals surface area contributed by atoms with Crippen molar-refractivity contribution in [1.82, 2.24) is 0 Å². The van der Waals surface area contributed by atoms with E-state index in [1.807, 2.05) is 0 Å². The molecule has 0 saturated heterocycles. The van der Waals surface area contributed by atoms with E-state index in [2.05, 4.69) is 0 Å². The summed E-state index contributed by atoms with van der Waals surface area (Å²) in [6.45, 7) is 0. The van der Waals surface area contributed by atoms with Crippen molar-refractivity contribution in [2.75, 3.05) is 11.5 Å². The molecule has 21 heavy (non-hydrogen) atoms. The Hall–Kier alpha value is -1.92. The SMILES string of the molecule is Nc1ccc(Cl)cc1S(=O)CCc1ccccc1[N+](=O)[O-]. The maximum absolute atomic E-state index is 12.3. The number of rotatable bonds is 5. The lowest BCUT2D eigenvalue weighted by Crippen LogP contribution is -2.06. The third-order valence-corrected chi connectivity index (χ3v) is 4.62. The van der Waals surface area contributed by atoms with Gasteiger partial charge in [0.05, 0.1) is 20.6 Å². The zero-order valence-corrected chi connectivity index (χ0v) is 12.6. The van der Waals surface area contributed by atoms with Crippen LogP contribution in [0.5, 0.6) is 0 Å². The first-order valence-corrected chi connectivity index (χ1v) is 7.84. The highest BCUT2D eigenvalue weighted by atomic mass is 35.5. The normalized spacial score (nSPS) is 12.0.